The molecule has 1 heterocycles. The van der Waals surface area contributed by atoms with Crippen molar-refractivity contribution >= 4 is 26.9 Å². The first kappa shape index (κ1) is 14.3. The molecule has 3 nitrogen and oxygen atoms in total. The highest BCUT2D eigenvalue weighted by Crippen LogP contribution is 2.33. The van der Waals surface area contributed by atoms with Crippen LogP contribution >= 0.6 is 15.9 Å². The van der Waals surface area contributed by atoms with E-state index in [0.717, 1.165) is 32.3 Å². The van der Waals surface area contributed by atoms with Crippen LogP contribution in [-0.4, -0.2) is 0 Å². The van der Waals surface area contributed by atoms with Crippen LogP contribution in [0.15, 0.2) is 51.4 Å². The third-order valence-electron chi connectivity index (χ3n) is 3.74. The Hall–Kier alpha value is -1.62. The smallest absolute Gasteiger partial charge is 0.137 e. The third kappa shape index (κ3) is 2.50. The zero-order chi connectivity index (χ0) is 15.0. The second-order valence-electron chi connectivity index (χ2n) is 5.22. The number of nitrogens with one attached hydrogen (secondary N) is 1. The SMILES string of the molecule is Cc1cccc(C(NN)c2cc3cccc(C)c3o2)c1Br. The predicted molar refractivity (Wildman–Crippen MR) is 89.0 cm³/mol. The first-order chi connectivity index (χ1) is 10.1. The summed E-state index contributed by atoms with van der Waals surface area (Å²) in [4.78, 5) is 0. The minimum absolute atomic E-state index is 0.189. The molecule has 0 amide bonds. The molecule has 0 aliphatic rings. The number of halogens is 1. The van der Waals surface area contributed by atoms with Crippen molar-refractivity contribution in [3.8, 4) is 0 Å². The summed E-state index contributed by atoms with van der Waals surface area (Å²) in [6.45, 7) is 4.10. The standard InChI is InChI=1S/C17H17BrN2O/c1-10-5-4-8-13(15(10)18)16(20-19)14-9-12-7-3-6-11(2)17(12)21-14/h3-9,16,20H,19H2,1-2H3. The summed E-state index contributed by atoms with van der Waals surface area (Å²) in [5, 5.41) is 1.09. The van der Waals surface area contributed by atoms with Gasteiger partial charge in [-0.15, -0.1) is 0 Å². The topological polar surface area (TPSA) is 51.2 Å². The molecule has 108 valence electrons. The molecule has 2 aromatic carbocycles. The van der Waals surface area contributed by atoms with Gasteiger partial charge in [-0.05, 0) is 36.6 Å². The lowest BCUT2D eigenvalue weighted by molar-refractivity contribution is 0.475. The normalized spacial score (nSPS) is 12.8. The van der Waals surface area contributed by atoms with Crippen molar-refractivity contribution in [1.29, 1.82) is 0 Å². The Bertz CT molecular complexity index is 795. The van der Waals surface area contributed by atoms with Gasteiger partial charge >= 0.3 is 0 Å². The molecule has 0 fully saturated rings. The first-order valence-electron chi connectivity index (χ1n) is 6.82. The monoisotopic (exact) mass is 344 g/mol. The molecular weight excluding hydrogens is 328 g/mol. The Kier molecular flexibility index (Phi) is 3.85. The van der Waals surface area contributed by atoms with Crippen molar-refractivity contribution in [2.24, 2.45) is 5.84 Å². The Morgan fingerprint density at radius 2 is 1.81 bits per heavy atom. The number of furan rings is 1. The summed E-state index contributed by atoms with van der Waals surface area (Å²) in [5.41, 5.74) is 7.13. The van der Waals surface area contributed by atoms with E-state index >= 15 is 0 Å². The zero-order valence-corrected chi connectivity index (χ0v) is 13.6. The minimum atomic E-state index is -0.189. The first-order valence-corrected chi connectivity index (χ1v) is 7.61. The lowest BCUT2D eigenvalue weighted by Crippen LogP contribution is -2.28. The number of nitrogens with two attached hydrogens (primary N) is 1. The van der Waals surface area contributed by atoms with Crippen molar-refractivity contribution in [2.75, 3.05) is 0 Å². The average molecular weight is 345 g/mol. The number of fused-ring (bicyclic) bond motifs is 1. The summed E-state index contributed by atoms with van der Waals surface area (Å²) >= 11 is 3.64. The molecule has 3 N–H and O–H groups in total. The molecule has 0 aliphatic carbocycles. The van der Waals surface area contributed by atoms with Gasteiger partial charge in [-0.1, -0.05) is 52.3 Å². The highest BCUT2D eigenvalue weighted by molar-refractivity contribution is 9.10. The molecule has 0 spiro atoms. The van der Waals surface area contributed by atoms with Gasteiger partial charge in [0.1, 0.15) is 17.4 Å². The number of benzene rings is 2. The fraction of sp³-hybridized carbons (Fsp3) is 0.176. The van der Waals surface area contributed by atoms with E-state index in [0.29, 0.717) is 0 Å². The highest BCUT2D eigenvalue weighted by atomic mass is 79.9. The van der Waals surface area contributed by atoms with Crippen LogP contribution in [0.3, 0.4) is 0 Å². The molecule has 4 heteroatoms. The second kappa shape index (κ2) is 5.64. The van der Waals surface area contributed by atoms with E-state index in [1.54, 1.807) is 0 Å². The minimum Gasteiger partial charge on any atom is -0.459 e. The molecule has 1 unspecified atom stereocenters. The van der Waals surface area contributed by atoms with E-state index in [1.807, 2.05) is 43.3 Å². The Balaban J connectivity index is 2.14. The summed E-state index contributed by atoms with van der Waals surface area (Å²) in [5.74, 6) is 6.60. The van der Waals surface area contributed by atoms with Gasteiger partial charge in [0.2, 0.25) is 0 Å². The van der Waals surface area contributed by atoms with Gasteiger partial charge in [-0.3, -0.25) is 5.84 Å². The van der Waals surface area contributed by atoms with Crippen LogP contribution in [0.4, 0.5) is 0 Å². The van der Waals surface area contributed by atoms with Crippen molar-refractivity contribution in [3.63, 3.8) is 0 Å². The highest BCUT2D eigenvalue weighted by Gasteiger charge is 2.20. The molecule has 1 aromatic heterocycles. The second-order valence-corrected chi connectivity index (χ2v) is 6.01. The van der Waals surface area contributed by atoms with E-state index in [2.05, 4.69) is 34.3 Å². The maximum atomic E-state index is 6.04. The summed E-state index contributed by atoms with van der Waals surface area (Å²) in [6.07, 6.45) is 0. The number of rotatable bonds is 3. The molecule has 1 atom stereocenters. The number of hydrogen-bond donors (Lipinski definition) is 2. The van der Waals surface area contributed by atoms with Crippen LogP contribution < -0.4 is 11.3 Å². The molecule has 0 aliphatic heterocycles. The van der Waals surface area contributed by atoms with Gasteiger partial charge in [-0.2, -0.15) is 0 Å². The van der Waals surface area contributed by atoms with Gasteiger partial charge in [0.15, 0.2) is 0 Å². The van der Waals surface area contributed by atoms with Gasteiger partial charge in [-0.25, -0.2) is 5.43 Å². The quantitative estimate of drug-likeness (QED) is 0.548. The largest absolute Gasteiger partial charge is 0.459 e. The molecule has 21 heavy (non-hydrogen) atoms. The lowest BCUT2D eigenvalue weighted by Gasteiger charge is -2.16. The third-order valence-corrected chi connectivity index (χ3v) is 4.83. The van der Waals surface area contributed by atoms with Crippen molar-refractivity contribution in [2.45, 2.75) is 19.9 Å². The van der Waals surface area contributed by atoms with Crippen LogP contribution in [0.2, 0.25) is 0 Å². The van der Waals surface area contributed by atoms with Crippen molar-refractivity contribution in [3.05, 3.63) is 69.4 Å². The van der Waals surface area contributed by atoms with Crippen LogP contribution in [0.1, 0.15) is 28.5 Å². The van der Waals surface area contributed by atoms with Gasteiger partial charge in [0.05, 0.1) is 0 Å². The number of hydrogen-bond acceptors (Lipinski definition) is 3. The van der Waals surface area contributed by atoms with E-state index < -0.39 is 0 Å². The molecule has 0 saturated carbocycles. The lowest BCUT2D eigenvalue weighted by atomic mass is 10.0. The van der Waals surface area contributed by atoms with Crippen LogP contribution in [0.25, 0.3) is 11.0 Å². The fourth-order valence-corrected chi connectivity index (χ4v) is 3.08. The van der Waals surface area contributed by atoms with E-state index in [4.69, 9.17) is 10.3 Å². The number of hydrazine groups is 1. The van der Waals surface area contributed by atoms with Crippen LogP contribution in [0.5, 0.6) is 0 Å². The Morgan fingerprint density at radius 3 is 2.52 bits per heavy atom. The number of para-hydroxylation sites is 1. The Morgan fingerprint density at radius 1 is 1.10 bits per heavy atom. The van der Waals surface area contributed by atoms with Gasteiger partial charge < -0.3 is 4.42 Å². The van der Waals surface area contributed by atoms with Gasteiger partial charge in [0, 0.05) is 9.86 Å². The van der Waals surface area contributed by atoms with E-state index in [-0.39, 0.29) is 6.04 Å². The molecule has 0 bridgehead atoms. The molecule has 0 radical (unpaired) electrons. The summed E-state index contributed by atoms with van der Waals surface area (Å²) in [7, 11) is 0. The van der Waals surface area contributed by atoms with E-state index in [9.17, 15) is 0 Å². The maximum absolute atomic E-state index is 6.04. The average Bonchev–Trinajstić information content (AvgIpc) is 2.89. The zero-order valence-electron chi connectivity index (χ0n) is 12.0. The summed E-state index contributed by atoms with van der Waals surface area (Å²) in [6, 6.07) is 14.1. The Labute approximate surface area is 132 Å². The van der Waals surface area contributed by atoms with Crippen LogP contribution in [0, 0.1) is 13.8 Å². The van der Waals surface area contributed by atoms with Crippen LogP contribution in [-0.2, 0) is 0 Å². The molecular formula is C17H17BrN2O. The van der Waals surface area contributed by atoms with Crippen molar-refractivity contribution < 1.29 is 4.42 Å². The fourth-order valence-electron chi connectivity index (χ4n) is 2.59. The van der Waals surface area contributed by atoms with Gasteiger partial charge in [0.25, 0.3) is 0 Å². The van der Waals surface area contributed by atoms with Crippen molar-refractivity contribution in [1.82, 2.24) is 5.43 Å². The molecule has 3 aromatic rings. The molecule has 3 rings (SSSR count). The predicted octanol–water partition coefficient (Wildman–Crippen LogP) is 4.36. The number of aryl methyl sites for hydroxylation is 2. The maximum Gasteiger partial charge on any atom is 0.137 e. The molecule has 0 saturated heterocycles. The summed E-state index contributed by atoms with van der Waals surface area (Å²) < 4.78 is 7.08. The van der Waals surface area contributed by atoms with E-state index in [1.165, 1.54) is 5.56 Å².